The van der Waals surface area contributed by atoms with Gasteiger partial charge in [0.05, 0.1) is 18.8 Å². The number of benzene rings is 1. The van der Waals surface area contributed by atoms with Crippen molar-refractivity contribution in [3.05, 3.63) is 41.8 Å². The van der Waals surface area contributed by atoms with E-state index in [0.717, 1.165) is 4.90 Å². The van der Waals surface area contributed by atoms with Gasteiger partial charge in [-0.25, -0.2) is 4.39 Å². The maximum absolute atomic E-state index is 13.0. The van der Waals surface area contributed by atoms with Crippen LogP contribution in [0.4, 0.5) is 4.39 Å². The Bertz CT molecular complexity index is 579. The Morgan fingerprint density at radius 2 is 2.37 bits per heavy atom. The molecule has 0 spiro atoms. The van der Waals surface area contributed by atoms with Gasteiger partial charge in [-0.05, 0) is 18.2 Å². The molecule has 98 valence electrons. The van der Waals surface area contributed by atoms with E-state index >= 15 is 0 Å². The minimum atomic E-state index is -0.253. The van der Waals surface area contributed by atoms with Crippen LogP contribution in [-0.4, -0.2) is 16.7 Å². The van der Waals surface area contributed by atoms with Gasteiger partial charge in [0.15, 0.2) is 5.82 Å². The van der Waals surface area contributed by atoms with Gasteiger partial charge in [0.1, 0.15) is 5.82 Å². The van der Waals surface area contributed by atoms with Crippen LogP contribution < -0.4 is 5.32 Å². The van der Waals surface area contributed by atoms with Crippen molar-refractivity contribution in [3.8, 4) is 12.3 Å². The van der Waals surface area contributed by atoms with E-state index in [4.69, 9.17) is 10.9 Å². The quantitative estimate of drug-likeness (QED) is 0.498. The molecule has 2 aromatic rings. The molecule has 0 amide bonds. The number of hydrogen-bond donors (Lipinski definition) is 1. The van der Waals surface area contributed by atoms with Crippen molar-refractivity contribution in [1.29, 1.82) is 0 Å². The number of aromatic nitrogens is 2. The van der Waals surface area contributed by atoms with Crippen LogP contribution in [0.1, 0.15) is 11.7 Å². The minimum absolute atomic E-state index is 0.253. The van der Waals surface area contributed by atoms with Crippen LogP contribution in [0, 0.1) is 18.2 Å². The van der Waals surface area contributed by atoms with Gasteiger partial charge in [0.2, 0.25) is 5.89 Å². The smallest absolute Gasteiger partial charge is 0.240 e. The molecule has 0 saturated carbocycles. The first-order chi connectivity index (χ1) is 9.28. The molecule has 1 N–H and O–H groups in total. The second-order valence-electron chi connectivity index (χ2n) is 3.66. The molecule has 1 aromatic heterocycles. The van der Waals surface area contributed by atoms with E-state index in [2.05, 4.69) is 21.4 Å². The second kappa shape index (κ2) is 6.92. The van der Waals surface area contributed by atoms with Crippen LogP contribution >= 0.6 is 11.8 Å². The van der Waals surface area contributed by atoms with E-state index in [1.54, 1.807) is 6.07 Å². The molecule has 0 aliphatic heterocycles. The molecule has 1 aromatic carbocycles. The highest BCUT2D eigenvalue weighted by atomic mass is 32.2. The number of nitrogens with one attached hydrogen (secondary N) is 1. The van der Waals surface area contributed by atoms with Crippen molar-refractivity contribution in [3.63, 3.8) is 0 Å². The Hall–Kier alpha value is -1.84. The Morgan fingerprint density at radius 3 is 3.16 bits per heavy atom. The molecule has 0 aliphatic carbocycles. The number of thioether (sulfide) groups is 1. The van der Waals surface area contributed by atoms with E-state index in [-0.39, 0.29) is 5.82 Å². The fraction of sp³-hybridized carbons (Fsp3) is 0.231. The minimum Gasteiger partial charge on any atom is -0.338 e. The summed E-state index contributed by atoms with van der Waals surface area (Å²) in [5.74, 6) is 3.80. The molecule has 0 fully saturated rings. The zero-order chi connectivity index (χ0) is 13.5. The summed E-state index contributed by atoms with van der Waals surface area (Å²) >= 11 is 1.45. The molecule has 6 heteroatoms. The third-order valence-electron chi connectivity index (χ3n) is 2.18. The lowest BCUT2D eigenvalue weighted by molar-refractivity contribution is 0.366. The Balaban J connectivity index is 1.85. The van der Waals surface area contributed by atoms with E-state index in [1.807, 2.05) is 6.07 Å². The fourth-order valence-corrected chi connectivity index (χ4v) is 2.15. The topological polar surface area (TPSA) is 51.0 Å². The molecule has 0 radical (unpaired) electrons. The largest absolute Gasteiger partial charge is 0.338 e. The van der Waals surface area contributed by atoms with Crippen molar-refractivity contribution in [2.24, 2.45) is 0 Å². The van der Waals surface area contributed by atoms with Gasteiger partial charge in [-0.15, -0.1) is 18.2 Å². The van der Waals surface area contributed by atoms with Gasteiger partial charge < -0.3 is 4.52 Å². The summed E-state index contributed by atoms with van der Waals surface area (Å²) in [7, 11) is 0. The van der Waals surface area contributed by atoms with E-state index in [0.29, 0.717) is 30.6 Å². The summed E-state index contributed by atoms with van der Waals surface area (Å²) in [6.07, 6.45) is 5.11. The van der Waals surface area contributed by atoms with Crippen LogP contribution in [0.3, 0.4) is 0 Å². The monoisotopic (exact) mass is 277 g/mol. The molecule has 0 atom stereocenters. The van der Waals surface area contributed by atoms with Gasteiger partial charge in [-0.2, -0.15) is 4.98 Å². The first kappa shape index (κ1) is 13.6. The third-order valence-corrected chi connectivity index (χ3v) is 3.17. The normalized spacial score (nSPS) is 10.3. The van der Waals surface area contributed by atoms with Gasteiger partial charge in [0.25, 0.3) is 0 Å². The van der Waals surface area contributed by atoms with Crippen molar-refractivity contribution in [2.45, 2.75) is 17.2 Å². The zero-order valence-corrected chi connectivity index (χ0v) is 10.9. The highest BCUT2D eigenvalue weighted by molar-refractivity contribution is 7.98. The molecule has 0 unspecified atom stereocenters. The summed E-state index contributed by atoms with van der Waals surface area (Å²) in [5, 5.41) is 6.80. The Morgan fingerprint density at radius 1 is 1.47 bits per heavy atom. The lowest BCUT2D eigenvalue weighted by Crippen LogP contribution is -2.13. The maximum atomic E-state index is 13.0. The third kappa shape index (κ3) is 4.39. The van der Waals surface area contributed by atoms with Crippen LogP contribution in [0.2, 0.25) is 0 Å². The van der Waals surface area contributed by atoms with Gasteiger partial charge in [-0.3, -0.25) is 5.32 Å². The molecular weight excluding hydrogens is 265 g/mol. The molecular formula is C13H12FN3OS. The van der Waals surface area contributed by atoms with E-state index < -0.39 is 0 Å². The number of rotatable bonds is 6. The second-order valence-corrected chi connectivity index (χ2v) is 4.71. The Labute approximate surface area is 114 Å². The highest BCUT2D eigenvalue weighted by Gasteiger charge is 2.06. The molecule has 1 heterocycles. The van der Waals surface area contributed by atoms with Crippen LogP contribution in [0.15, 0.2) is 33.7 Å². The van der Waals surface area contributed by atoms with Crippen molar-refractivity contribution < 1.29 is 8.91 Å². The predicted octanol–water partition coefficient (Wildman–Crippen LogP) is 2.22. The number of nitrogens with zero attached hydrogens (tertiary/aromatic N) is 2. The van der Waals surface area contributed by atoms with Crippen LogP contribution in [0.5, 0.6) is 0 Å². The highest BCUT2D eigenvalue weighted by Crippen LogP contribution is 2.21. The van der Waals surface area contributed by atoms with Gasteiger partial charge >= 0.3 is 0 Å². The average Bonchev–Trinajstić information content (AvgIpc) is 2.85. The lowest BCUT2D eigenvalue weighted by Gasteiger charge is -1.97. The predicted molar refractivity (Wildman–Crippen MR) is 70.8 cm³/mol. The fourth-order valence-electron chi connectivity index (χ4n) is 1.37. The molecule has 0 saturated heterocycles. The van der Waals surface area contributed by atoms with Crippen LogP contribution in [0.25, 0.3) is 0 Å². The standard InChI is InChI=1S/C13H12FN3OS/c1-2-6-15-8-13-16-12(17-18-13)9-19-11-5-3-4-10(14)7-11/h1,3-5,7,15H,6,8-9H2. The summed E-state index contributed by atoms with van der Waals surface area (Å²) < 4.78 is 18.0. The van der Waals surface area contributed by atoms with Crippen molar-refractivity contribution in [2.75, 3.05) is 6.54 Å². The van der Waals surface area contributed by atoms with Gasteiger partial charge in [-0.1, -0.05) is 17.1 Å². The maximum Gasteiger partial charge on any atom is 0.240 e. The first-order valence-corrected chi connectivity index (χ1v) is 6.60. The number of hydrogen-bond acceptors (Lipinski definition) is 5. The number of halogens is 1. The summed E-state index contributed by atoms with van der Waals surface area (Å²) in [5.41, 5.74) is 0. The molecule has 19 heavy (non-hydrogen) atoms. The van der Waals surface area contributed by atoms with Gasteiger partial charge in [0, 0.05) is 4.90 Å². The molecule has 0 bridgehead atoms. The Kier molecular flexibility index (Phi) is 4.95. The summed E-state index contributed by atoms with van der Waals surface area (Å²) in [6.45, 7) is 0.900. The lowest BCUT2D eigenvalue weighted by atomic mass is 10.4. The van der Waals surface area contributed by atoms with Crippen molar-refractivity contribution >= 4 is 11.8 Å². The zero-order valence-electron chi connectivity index (χ0n) is 10.1. The average molecular weight is 277 g/mol. The SMILES string of the molecule is C#CCNCc1nc(CSc2cccc(F)c2)no1. The molecule has 2 rings (SSSR count). The first-order valence-electron chi connectivity index (χ1n) is 5.62. The van der Waals surface area contributed by atoms with Crippen LogP contribution in [-0.2, 0) is 12.3 Å². The number of terminal acetylenes is 1. The van der Waals surface area contributed by atoms with Crippen molar-refractivity contribution in [1.82, 2.24) is 15.5 Å². The molecule has 0 aliphatic rings. The van der Waals surface area contributed by atoms with E-state index in [9.17, 15) is 4.39 Å². The van der Waals surface area contributed by atoms with E-state index in [1.165, 1.54) is 23.9 Å². The summed E-state index contributed by atoms with van der Waals surface area (Å²) in [4.78, 5) is 5.03. The summed E-state index contributed by atoms with van der Waals surface area (Å²) in [6, 6.07) is 6.39. The molecule has 4 nitrogen and oxygen atoms in total.